The number of hydrogen-bond donors (Lipinski definition) is 2. The van der Waals surface area contributed by atoms with Crippen molar-refractivity contribution in [2.45, 2.75) is 17.4 Å². The molecule has 0 saturated heterocycles. The van der Waals surface area contributed by atoms with Crippen LogP contribution in [0.15, 0.2) is 51.8 Å². The molecule has 2 aromatic carbocycles. The lowest BCUT2D eigenvalue weighted by Crippen LogP contribution is -2.38. The van der Waals surface area contributed by atoms with Gasteiger partial charge in [0.05, 0.1) is 4.47 Å². The lowest BCUT2D eigenvalue weighted by atomic mass is 10.1. The first kappa shape index (κ1) is 16.4. The Labute approximate surface area is 135 Å². The van der Waals surface area contributed by atoms with Gasteiger partial charge in [-0.05, 0) is 64.3 Å². The SMILES string of the molecule is NNC(CSc1ccc(F)cc1)Cc1ccc(F)c(Br)c1. The minimum atomic E-state index is -0.281. The summed E-state index contributed by atoms with van der Waals surface area (Å²) < 4.78 is 26.5. The molecule has 0 heterocycles. The maximum atomic E-state index is 13.2. The van der Waals surface area contributed by atoms with E-state index in [9.17, 15) is 8.78 Å². The smallest absolute Gasteiger partial charge is 0.137 e. The van der Waals surface area contributed by atoms with Crippen molar-refractivity contribution in [1.82, 2.24) is 5.43 Å². The van der Waals surface area contributed by atoms with Crippen LogP contribution in [-0.2, 0) is 6.42 Å². The molecule has 2 rings (SSSR count). The number of benzene rings is 2. The Morgan fingerprint density at radius 1 is 1.14 bits per heavy atom. The molecule has 0 spiro atoms. The molecule has 0 saturated carbocycles. The van der Waals surface area contributed by atoms with Crippen molar-refractivity contribution < 1.29 is 8.78 Å². The molecule has 0 aliphatic carbocycles. The zero-order valence-electron chi connectivity index (χ0n) is 11.2. The summed E-state index contributed by atoms with van der Waals surface area (Å²) in [7, 11) is 0. The van der Waals surface area contributed by atoms with Crippen LogP contribution in [0.5, 0.6) is 0 Å². The summed E-state index contributed by atoms with van der Waals surface area (Å²) in [5.74, 6) is 5.77. The van der Waals surface area contributed by atoms with Crippen LogP contribution in [0.4, 0.5) is 8.78 Å². The van der Waals surface area contributed by atoms with Crippen LogP contribution < -0.4 is 11.3 Å². The van der Waals surface area contributed by atoms with Gasteiger partial charge in [-0.3, -0.25) is 11.3 Å². The summed E-state index contributed by atoms with van der Waals surface area (Å²) in [4.78, 5) is 0.983. The molecule has 0 aliphatic rings. The van der Waals surface area contributed by atoms with Crippen LogP contribution in [-0.4, -0.2) is 11.8 Å². The van der Waals surface area contributed by atoms with E-state index in [-0.39, 0.29) is 17.7 Å². The molecule has 6 heteroatoms. The van der Waals surface area contributed by atoms with E-state index in [4.69, 9.17) is 5.84 Å². The lowest BCUT2D eigenvalue weighted by Gasteiger charge is -2.16. The van der Waals surface area contributed by atoms with Crippen LogP contribution in [0.3, 0.4) is 0 Å². The van der Waals surface area contributed by atoms with E-state index in [2.05, 4.69) is 21.4 Å². The van der Waals surface area contributed by atoms with Crippen LogP contribution in [0.2, 0.25) is 0 Å². The molecule has 21 heavy (non-hydrogen) atoms. The van der Waals surface area contributed by atoms with Crippen LogP contribution >= 0.6 is 27.7 Å². The fourth-order valence-electron chi connectivity index (χ4n) is 1.84. The van der Waals surface area contributed by atoms with Crippen molar-refractivity contribution in [3.8, 4) is 0 Å². The third kappa shape index (κ3) is 5.07. The Morgan fingerprint density at radius 3 is 2.48 bits per heavy atom. The lowest BCUT2D eigenvalue weighted by molar-refractivity contribution is 0.573. The molecular weight excluding hydrogens is 358 g/mol. The first-order valence-corrected chi connectivity index (χ1v) is 8.15. The first-order chi connectivity index (χ1) is 10.1. The fourth-order valence-corrected chi connectivity index (χ4v) is 3.21. The highest BCUT2D eigenvalue weighted by atomic mass is 79.9. The Morgan fingerprint density at radius 2 is 1.86 bits per heavy atom. The van der Waals surface area contributed by atoms with Gasteiger partial charge in [0.1, 0.15) is 11.6 Å². The number of nitrogens with two attached hydrogens (primary N) is 1. The van der Waals surface area contributed by atoms with E-state index in [0.717, 1.165) is 16.2 Å². The van der Waals surface area contributed by atoms with E-state index in [1.165, 1.54) is 18.2 Å². The van der Waals surface area contributed by atoms with E-state index in [0.29, 0.717) is 10.9 Å². The van der Waals surface area contributed by atoms with Gasteiger partial charge in [0, 0.05) is 16.7 Å². The predicted octanol–water partition coefficient (Wildman–Crippen LogP) is 3.89. The van der Waals surface area contributed by atoms with Crippen molar-refractivity contribution in [1.29, 1.82) is 0 Å². The number of hydrogen-bond acceptors (Lipinski definition) is 3. The maximum absolute atomic E-state index is 13.2. The van der Waals surface area contributed by atoms with Crippen molar-refractivity contribution in [2.75, 3.05) is 5.75 Å². The Bertz CT molecular complexity index is 593. The maximum Gasteiger partial charge on any atom is 0.137 e. The molecular formula is C15H15BrF2N2S. The van der Waals surface area contributed by atoms with Gasteiger partial charge in [-0.25, -0.2) is 8.78 Å². The van der Waals surface area contributed by atoms with Gasteiger partial charge in [-0.2, -0.15) is 0 Å². The van der Waals surface area contributed by atoms with E-state index >= 15 is 0 Å². The highest BCUT2D eigenvalue weighted by molar-refractivity contribution is 9.10. The summed E-state index contributed by atoms with van der Waals surface area (Å²) in [6, 6.07) is 11.3. The van der Waals surface area contributed by atoms with E-state index in [1.54, 1.807) is 36.0 Å². The van der Waals surface area contributed by atoms with E-state index in [1.807, 2.05) is 0 Å². The highest BCUT2D eigenvalue weighted by Gasteiger charge is 2.10. The predicted molar refractivity (Wildman–Crippen MR) is 86.0 cm³/mol. The Balaban J connectivity index is 1.93. The second-order valence-electron chi connectivity index (χ2n) is 4.58. The standard InChI is InChI=1S/C15H15BrF2N2S/c16-14-8-10(1-6-15(14)18)7-12(20-19)9-21-13-4-2-11(17)3-5-13/h1-6,8,12,20H,7,9,19H2. The molecule has 2 nitrogen and oxygen atoms in total. The first-order valence-electron chi connectivity index (χ1n) is 6.37. The van der Waals surface area contributed by atoms with Crippen molar-refractivity contribution in [2.24, 2.45) is 5.84 Å². The Kier molecular flexibility index (Phi) is 6.17. The molecule has 0 fully saturated rings. The number of nitrogens with one attached hydrogen (secondary N) is 1. The minimum absolute atomic E-state index is 0.0393. The van der Waals surface area contributed by atoms with Gasteiger partial charge < -0.3 is 0 Å². The molecule has 0 aliphatic heterocycles. The van der Waals surface area contributed by atoms with Gasteiger partial charge in [0.15, 0.2) is 0 Å². The van der Waals surface area contributed by atoms with Gasteiger partial charge in [0.2, 0.25) is 0 Å². The molecule has 0 bridgehead atoms. The zero-order valence-corrected chi connectivity index (χ0v) is 13.6. The van der Waals surface area contributed by atoms with Crippen molar-refractivity contribution in [3.63, 3.8) is 0 Å². The summed E-state index contributed by atoms with van der Waals surface area (Å²) >= 11 is 4.77. The van der Waals surface area contributed by atoms with E-state index < -0.39 is 0 Å². The largest absolute Gasteiger partial charge is 0.271 e. The average Bonchev–Trinajstić information content (AvgIpc) is 2.49. The molecule has 2 aromatic rings. The molecule has 1 atom stereocenters. The quantitative estimate of drug-likeness (QED) is 0.458. The third-order valence-corrected chi connectivity index (χ3v) is 4.75. The number of thioether (sulfide) groups is 1. The molecule has 0 radical (unpaired) electrons. The molecule has 112 valence electrons. The van der Waals surface area contributed by atoms with Crippen molar-refractivity contribution in [3.05, 3.63) is 64.1 Å². The summed E-state index contributed by atoms with van der Waals surface area (Å²) in [6.07, 6.45) is 0.684. The second kappa shape index (κ2) is 7.89. The fraction of sp³-hybridized carbons (Fsp3) is 0.200. The van der Waals surface area contributed by atoms with Crippen LogP contribution in [0.1, 0.15) is 5.56 Å². The number of halogens is 3. The monoisotopic (exact) mass is 372 g/mol. The second-order valence-corrected chi connectivity index (χ2v) is 6.53. The van der Waals surface area contributed by atoms with Gasteiger partial charge in [-0.1, -0.05) is 6.07 Å². The average molecular weight is 373 g/mol. The molecule has 3 N–H and O–H groups in total. The topological polar surface area (TPSA) is 38.0 Å². The van der Waals surface area contributed by atoms with Crippen LogP contribution in [0.25, 0.3) is 0 Å². The highest BCUT2D eigenvalue weighted by Crippen LogP contribution is 2.21. The zero-order chi connectivity index (χ0) is 15.2. The molecule has 0 amide bonds. The number of rotatable bonds is 6. The summed E-state index contributed by atoms with van der Waals surface area (Å²) in [6.45, 7) is 0. The Hall–Kier alpha value is -0.950. The minimum Gasteiger partial charge on any atom is -0.271 e. The normalized spacial score (nSPS) is 12.4. The number of hydrazine groups is 1. The van der Waals surface area contributed by atoms with Crippen molar-refractivity contribution >= 4 is 27.7 Å². The third-order valence-electron chi connectivity index (χ3n) is 2.97. The van der Waals surface area contributed by atoms with Crippen LogP contribution in [0, 0.1) is 11.6 Å². The van der Waals surface area contributed by atoms with Gasteiger partial charge in [0.25, 0.3) is 0 Å². The van der Waals surface area contributed by atoms with Gasteiger partial charge >= 0.3 is 0 Å². The molecule has 1 unspecified atom stereocenters. The van der Waals surface area contributed by atoms with Gasteiger partial charge in [-0.15, -0.1) is 11.8 Å². The molecule has 0 aromatic heterocycles. The summed E-state index contributed by atoms with van der Waals surface area (Å²) in [5, 5.41) is 0. The summed E-state index contributed by atoms with van der Waals surface area (Å²) in [5.41, 5.74) is 3.75.